The van der Waals surface area contributed by atoms with E-state index in [1.807, 2.05) is 0 Å². The molecule has 8 nitrogen and oxygen atoms in total. The summed E-state index contributed by atoms with van der Waals surface area (Å²) in [6.07, 6.45) is 3.06. The van der Waals surface area contributed by atoms with E-state index in [1.54, 1.807) is 13.1 Å². The van der Waals surface area contributed by atoms with Gasteiger partial charge in [-0.15, -0.1) is 24.8 Å². The molecule has 0 unspecified atom stereocenters. The number of halogens is 2. The number of piperidine rings is 1. The van der Waals surface area contributed by atoms with Crippen LogP contribution in [-0.2, 0) is 18.9 Å². The van der Waals surface area contributed by atoms with E-state index in [9.17, 15) is 14.4 Å². The minimum absolute atomic E-state index is 0. The lowest BCUT2D eigenvalue weighted by molar-refractivity contribution is -0.120. The molecule has 1 aliphatic heterocycles. The van der Waals surface area contributed by atoms with Crippen LogP contribution in [0.15, 0.2) is 21.9 Å². The monoisotopic (exact) mass is 389 g/mol. The van der Waals surface area contributed by atoms with Gasteiger partial charge in [0.15, 0.2) is 0 Å². The normalized spacial score (nSPS) is 14.5. The highest BCUT2D eigenvalue weighted by Crippen LogP contribution is 2.17. The predicted molar refractivity (Wildman–Crippen MR) is 101 cm³/mol. The second kappa shape index (κ2) is 8.46. The van der Waals surface area contributed by atoms with Crippen molar-refractivity contribution in [3.63, 3.8) is 0 Å². The summed E-state index contributed by atoms with van der Waals surface area (Å²) in [5.74, 6) is -0.0933. The van der Waals surface area contributed by atoms with Crippen molar-refractivity contribution in [3.8, 4) is 0 Å². The minimum Gasteiger partial charge on any atom is -0.324 e. The molecule has 2 N–H and O–H groups in total. The molecule has 1 fully saturated rings. The maximum Gasteiger partial charge on any atom is 0.332 e. The summed E-state index contributed by atoms with van der Waals surface area (Å²) in [6, 6.07) is 1.57. The van der Waals surface area contributed by atoms with E-state index < -0.39 is 11.2 Å². The van der Waals surface area contributed by atoms with Gasteiger partial charge < -0.3 is 10.6 Å². The van der Waals surface area contributed by atoms with Gasteiger partial charge in [0.05, 0.1) is 17.3 Å². The molecule has 0 aromatic carbocycles. The molecule has 138 valence electrons. The summed E-state index contributed by atoms with van der Waals surface area (Å²) >= 11 is 0. The zero-order valence-electron chi connectivity index (χ0n) is 13.9. The van der Waals surface area contributed by atoms with Crippen LogP contribution in [0.2, 0.25) is 0 Å². The lowest BCUT2D eigenvalue weighted by atomic mass is 9.97. The summed E-state index contributed by atoms with van der Waals surface area (Å²) in [7, 11) is 2.98. The lowest BCUT2D eigenvalue weighted by Gasteiger charge is -2.21. The molecule has 0 atom stereocenters. The molecule has 1 amide bonds. The van der Waals surface area contributed by atoms with Gasteiger partial charge in [0.1, 0.15) is 5.65 Å². The first-order valence-corrected chi connectivity index (χ1v) is 7.56. The number of nitrogens with zero attached hydrogens (tertiary/aromatic N) is 3. The molecule has 3 rings (SSSR count). The number of pyridine rings is 1. The Bertz CT molecular complexity index is 887. The van der Waals surface area contributed by atoms with Crippen LogP contribution in [0.4, 0.5) is 5.69 Å². The second-order valence-electron chi connectivity index (χ2n) is 5.81. The molecule has 3 heterocycles. The highest BCUT2D eigenvalue weighted by molar-refractivity contribution is 5.94. The van der Waals surface area contributed by atoms with E-state index in [0.29, 0.717) is 16.7 Å². The third-order valence-electron chi connectivity index (χ3n) is 4.27. The Labute approximate surface area is 156 Å². The largest absolute Gasteiger partial charge is 0.332 e. The lowest BCUT2D eigenvalue weighted by Crippen LogP contribution is -2.37. The number of hydrogen-bond acceptors (Lipinski definition) is 5. The molecule has 2 aromatic rings. The van der Waals surface area contributed by atoms with Gasteiger partial charge in [-0.2, -0.15) is 0 Å². The van der Waals surface area contributed by atoms with Crippen molar-refractivity contribution in [2.45, 2.75) is 12.8 Å². The van der Waals surface area contributed by atoms with Gasteiger partial charge in [-0.25, -0.2) is 9.78 Å². The third kappa shape index (κ3) is 4.02. The number of carbonyl (C=O) groups excluding carboxylic acids is 1. The van der Waals surface area contributed by atoms with Crippen molar-refractivity contribution in [1.82, 2.24) is 19.4 Å². The van der Waals surface area contributed by atoms with Crippen molar-refractivity contribution < 1.29 is 4.79 Å². The van der Waals surface area contributed by atoms with Crippen molar-refractivity contribution >= 4 is 47.4 Å². The number of nitrogens with one attached hydrogen (secondary N) is 2. The Hall–Kier alpha value is -1.90. The Morgan fingerprint density at radius 2 is 1.84 bits per heavy atom. The smallest absolute Gasteiger partial charge is 0.324 e. The van der Waals surface area contributed by atoms with Gasteiger partial charge in [-0.3, -0.25) is 18.7 Å². The molecule has 25 heavy (non-hydrogen) atoms. The van der Waals surface area contributed by atoms with Gasteiger partial charge >= 0.3 is 5.69 Å². The summed E-state index contributed by atoms with van der Waals surface area (Å²) in [4.78, 5) is 40.5. The van der Waals surface area contributed by atoms with E-state index >= 15 is 0 Å². The average Bonchev–Trinajstić information content (AvgIpc) is 2.58. The quantitative estimate of drug-likeness (QED) is 0.775. The van der Waals surface area contributed by atoms with Crippen LogP contribution in [0, 0.1) is 5.92 Å². The van der Waals surface area contributed by atoms with E-state index in [1.165, 1.54) is 17.8 Å². The first-order valence-electron chi connectivity index (χ1n) is 7.56. The molecule has 0 saturated carbocycles. The fourth-order valence-corrected chi connectivity index (χ4v) is 2.86. The van der Waals surface area contributed by atoms with Gasteiger partial charge in [-0.05, 0) is 32.0 Å². The number of fused-ring (bicyclic) bond motifs is 1. The van der Waals surface area contributed by atoms with Gasteiger partial charge in [0.25, 0.3) is 5.56 Å². The molecule has 0 radical (unpaired) electrons. The van der Waals surface area contributed by atoms with Crippen LogP contribution >= 0.6 is 24.8 Å². The number of hydrogen-bond donors (Lipinski definition) is 2. The highest BCUT2D eigenvalue weighted by atomic mass is 35.5. The van der Waals surface area contributed by atoms with E-state index in [2.05, 4.69) is 15.6 Å². The van der Waals surface area contributed by atoms with Gasteiger partial charge in [0.2, 0.25) is 5.91 Å². The van der Waals surface area contributed by atoms with E-state index in [4.69, 9.17) is 0 Å². The van der Waals surface area contributed by atoms with Crippen molar-refractivity contribution in [2.75, 3.05) is 18.4 Å². The fraction of sp³-hybridized carbons (Fsp3) is 0.467. The predicted octanol–water partition coefficient (Wildman–Crippen LogP) is 0.414. The number of rotatable bonds is 2. The summed E-state index contributed by atoms with van der Waals surface area (Å²) in [5.41, 5.74) is -0.0789. The maximum atomic E-state index is 12.3. The van der Waals surface area contributed by atoms with Crippen LogP contribution in [-0.4, -0.2) is 33.1 Å². The van der Waals surface area contributed by atoms with E-state index in [0.717, 1.165) is 30.5 Å². The Morgan fingerprint density at radius 1 is 1.20 bits per heavy atom. The number of carbonyl (C=O) groups is 1. The van der Waals surface area contributed by atoms with Crippen LogP contribution in [0.1, 0.15) is 12.8 Å². The topological polar surface area (TPSA) is 98.0 Å². The number of anilines is 1. The molecule has 0 bridgehead atoms. The first kappa shape index (κ1) is 21.1. The standard InChI is InChI=1S/C15H19N5O3.2ClH/c1-19-12-11(14(22)20(2)15(19)23)7-10(8-17-12)18-13(21)9-3-5-16-6-4-9;;/h7-9,16H,3-6H2,1-2H3,(H,18,21);2*1H. The van der Waals surface area contributed by atoms with Crippen LogP contribution in [0.5, 0.6) is 0 Å². The molecule has 2 aromatic heterocycles. The Kier molecular flexibility index (Phi) is 7.16. The minimum atomic E-state index is -0.429. The fourth-order valence-electron chi connectivity index (χ4n) is 2.86. The molecular weight excluding hydrogens is 369 g/mol. The Balaban J connectivity index is 0.00000156. The molecule has 0 aliphatic carbocycles. The SMILES string of the molecule is Cl.Cl.Cn1c(=O)c2cc(NC(=O)C3CCNCC3)cnc2n(C)c1=O. The highest BCUT2D eigenvalue weighted by Gasteiger charge is 2.21. The van der Waals surface area contributed by atoms with Crippen LogP contribution in [0.3, 0.4) is 0 Å². The molecule has 1 aliphatic rings. The Morgan fingerprint density at radius 3 is 2.48 bits per heavy atom. The third-order valence-corrected chi connectivity index (χ3v) is 4.27. The summed E-state index contributed by atoms with van der Waals surface area (Å²) in [5, 5.41) is 6.34. The zero-order valence-corrected chi connectivity index (χ0v) is 15.6. The zero-order chi connectivity index (χ0) is 16.6. The average molecular weight is 390 g/mol. The van der Waals surface area contributed by atoms with Gasteiger partial charge in [0, 0.05) is 20.0 Å². The first-order chi connectivity index (χ1) is 11.0. The summed E-state index contributed by atoms with van der Waals surface area (Å²) in [6.45, 7) is 1.66. The molecule has 1 saturated heterocycles. The molecule has 0 spiro atoms. The van der Waals surface area contributed by atoms with Crippen LogP contribution in [0.25, 0.3) is 11.0 Å². The van der Waals surface area contributed by atoms with Crippen molar-refractivity contribution in [2.24, 2.45) is 20.0 Å². The number of aryl methyl sites for hydroxylation is 1. The van der Waals surface area contributed by atoms with E-state index in [-0.39, 0.29) is 36.6 Å². The number of aromatic nitrogens is 3. The van der Waals surface area contributed by atoms with Crippen molar-refractivity contribution in [1.29, 1.82) is 0 Å². The second-order valence-corrected chi connectivity index (χ2v) is 5.81. The molecule has 10 heteroatoms. The maximum absolute atomic E-state index is 12.3. The van der Waals surface area contributed by atoms with Crippen molar-refractivity contribution in [3.05, 3.63) is 33.1 Å². The molecular formula is C15H21Cl2N5O3. The number of amides is 1. The van der Waals surface area contributed by atoms with Crippen LogP contribution < -0.4 is 21.9 Å². The van der Waals surface area contributed by atoms with Gasteiger partial charge in [-0.1, -0.05) is 0 Å². The summed E-state index contributed by atoms with van der Waals surface area (Å²) < 4.78 is 2.34.